The number of hydrogen-bond acceptors (Lipinski definition) is 4. The maximum atomic E-state index is 14.2. The highest BCUT2D eigenvalue weighted by atomic mass is 32.2. The molecule has 1 amide bonds. The van der Waals surface area contributed by atoms with Crippen LogP contribution in [0.25, 0.3) is 11.0 Å². The van der Waals surface area contributed by atoms with Gasteiger partial charge in [-0.2, -0.15) is 0 Å². The number of carbonyl (C=O) groups is 1. The number of hydrogen-bond donors (Lipinski definition) is 1. The van der Waals surface area contributed by atoms with E-state index in [1.54, 1.807) is 24.3 Å². The van der Waals surface area contributed by atoms with E-state index in [1.807, 2.05) is 4.72 Å². The average molecular weight is 359 g/mol. The van der Waals surface area contributed by atoms with Gasteiger partial charge in [-0.05, 0) is 48.6 Å². The van der Waals surface area contributed by atoms with Crippen LogP contribution in [0.4, 0.5) is 4.39 Å². The highest BCUT2D eigenvalue weighted by Crippen LogP contribution is 2.41. The fourth-order valence-electron chi connectivity index (χ4n) is 2.71. The van der Waals surface area contributed by atoms with Crippen molar-refractivity contribution in [2.24, 2.45) is 0 Å². The molecule has 0 aliphatic heterocycles. The van der Waals surface area contributed by atoms with E-state index in [4.69, 9.17) is 4.42 Å². The highest BCUT2D eigenvalue weighted by Gasteiger charge is 2.26. The molecule has 7 heteroatoms. The Morgan fingerprint density at radius 2 is 1.84 bits per heavy atom. The van der Waals surface area contributed by atoms with Crippen molar-refractivity contribution in [1.29, 1.82) is 0 Å². The first-order valence-corrected chi connectivity index (χ1v) is 9.27. The van der Waals surface area contributed by atoms with Gasteiger partial charge in [-0.25, -0.2) is 17.5 Å². The van der Waals surface area contributed by atoms with Crippen LogP contribution in [0.3, 0.4) is 0 Å². The number of furan rings is 1. The molecule has 1 heterocycles. The highest BCUT2D eigenvalue weighted by molar-refractivity contribution is 7.90. The van der Waals surface area contributed by atoms with Crippen LogP contribution < -0.4 is 4.72 Å². The van der Waals surface area contributed by atoms with Crippen molar-refractivity contribution in [1.82, 2.24) is 4.72 Å². The van der Waals surface area contributed by atoms with Crippen LogP contribution in [-0.4, -0.2) is 14.3 Å². The summed E-state index contributed by atoms with van der Waals surface area (Å²) in [6.07, 6.45) is 2.02. The number of amides is 1. The average Bonchev–Trinajstić information content (AvgIpc) is 3.34. The molecule has 0 spiro atoms. The number of nitrogens with one attached hydrogen (secondary N) is 1. The molecular formula is C18H14FNO4S. The summed E-state index contributed by atoms with van der Waals surface area (Å²) in [5.74, 6) is -1.33. The Labute approximate surface area is 143 Å². The van der Waals surface area contributed by atoms with Gasteiger partial charge in [-0.15, -0.1) is 0 Å². The lowest BCUT2D eigenvalue weighted by molar-refractivity contribution is 0.0956. The van der Waals surface area contributed by atoms with E-state index in [0.29, 0.717) is 5.92 Å². The summed E-state index contributed by atoms with van der Waals surface area (Å²) in [4.78, 5) is 12.2. The zero-order valence-corrected chi connectivity index (χ0v) is 13.8. The van der Waals surface area contributed by atoms with E-state index in [9.17, 15) is 17.6 Å². The molecule has 5 nitrogen and oxygen atoms in total. The molecule has 0 unspecified atom stereocenters. The normalized spacial score (nSPS) is 14.6. The third kappa shape index (κ3) is 3.02. The van der Waals surface area contributed by atoms with Crippen LogP contribution in [0.5, 0.6) is 0 Å². The molecule has 25 heavy (non-hydrogen) atoms. The molecular weight excluding hydrogens is 345 g/mol. The third-order valence-electron chi connectivity index (χ3n) is 4.16. The molecule has 0 bridgehead atoms. The predicted octanol–water partition coefficient (Wildman–Crippen LogP) is 3.57. The van der Waals surface area contributed by atoms with E-state index < -0.39 is 21.7 Å². The fourth-order valence-corrected chi connectivity index (χ4v) is 3.69. The summed E-state index contributed by atoms with van der Waals surface area (Å²) in [7, 11) is -4.02. The Morgan fingerprint density at radius 1 is 1.12 bits per heavy atom. The summed E-state index contributed by atoms with van der Waals surface area (Å²) in [6.45, 7) is 0. The van der Waals surface area contributed by atoms with Gasteiger partial charge in [-0.3, -0.25) is 4.79 Å². The largest absolute Gasteiger partial charge is 0.451 e. The second kappa shape index (κ2) is 5.70. The molecule has 0 atom stereocenters. The summed E-state index contributed by atoms with van der Waals surface area (Å²) >= 11 is 0. The molecule has 1 saturated carbocycles. The zero-order chi connectivity index (χ0) is 17.6. The van der Waals surface area contributed by atoms with Crippen molar-refractivity contribution in [3.05, 3.63) is 65.7 Å². The van der Waals surface area contributed by atoms with Gasteiger partial charge < -0.3 is 4.42 Å². The molecule has 1 fully saturated rings. The molecule has 1 aliphatic rings. The van der Waals surface area contributed by atoms with Gasteiger partial charge in [0.25, 0.3) is 10.0 Å². The molecule has 0 radical (unpaired) electrons. The van der Waals surface area contributed by atoms with Crippen molar-refractivity contribution in [2.45, 2.75) is 23.7 Å². The first-order valence-electron chi connectivity index (χ1n) is 7.79. The summed E-state index contributed by atoms with van der Waals surface area (Å²) in [5, 5.41) is 0.159. The minimum absolute atomic E-state index is 0.0401. The van der Waals surface area contributed by atoms with E-state index in [2.05, 4.69) is 0 Å². The standard InChI is InChI=1S/C18H14FNO4S/c19-15-8-12(11-6-7-11)9-16-14(15)10-17(24-16)18(21)20-25(22,23)13-4-2-1-3-5-13/h1-5,8-11H,6-7H2,(H,20,21). The number of halogens is 1. The predicted molar refractivity (Wildman–Crippen MR) is 89.2 cm³/mol. The Hall–Kier alpha value is -2.67. The van der Waals surface area contributed by atoms with E-state index in [0.717, 1.165) is 18.4 Å². The van der Waals surface area contributed by atoms with Crippen molar-refractivity contribution in [3.8, 4) is 0 Å². The summed E-state index contributed by atoms with van der Waals surface area (Å²) < 4.78 is 45.9. The van der Waals surface area contributed by atoms with Crippen LogP contribution in [-0.2, 0) is 10.0 Å². The number of benzene rings is 2. The quantitative estimate of drug-likeness (QED) is 0.773. The Balaban J connectivity index is 1.65. The summed E-state index contributed by atoms with van der Waals surface area (Å²) in [6, 6.07) is 11.9. The van der Waals surface area contributed by atoms with Gasteiger partial charge in [0.05, 0.1) is 10.3 Å². The minimum atomic E-state index is -4.02. The van der Waals surface area contributed by atoms with E-state index in [-0.39, 0.29) is 21.6 Å². The van der Waals surface area contributed by atoms with Crippen molar-refractivity contribution < 1.29 is 22.0 Å². The van der Waals surface area contributed by atoms with Crippen molar-refractivity contribution >= 4 is 26.9 Å². The molecule has 3 aromatic rings. The van der Waals surface area contributed by atoms with Gasteiger partial charge in [0.1, 0.15) is 11.4 Å². The fraction of sp³-hybridized carbons (Fsp3) is 0.167. The van der Waals surface area contributed by atoms with Crippen LogP contribution in [0.15, 0.2) is 57.8 Å². The Bertz CT molecular complexity index is 1070. The maximum absolute atomic E-state index is 14.2. The third-order valence-corrected chi connectivity index (χ3v) is 5.51. The maximum Gasteiger partial charge on any atom is 0.300 e. The molecule has 2 aromatic carbocycles. The van der Waals surface area contributed by atoms with Crippen molar-refractivity contribution in [3.63, 3.8) is 0 Å². The first-order chi connectivity index (χ1) is 11.9. The molecule has 0 saturated heterocycles. The number of rotatable bonds is 4. The van der Waals surface area contributed by atoms with Crippen LogP contribution in [0.2, 0.25) is 0 Å². The number of carbonyl (C=O) groups excluding carboxylic acids is 1. The van der Waals surface area contributed by atoms with E-state index in [1.165, 1.54) is 24.3 Å². The SMILES string of the molecule is O=C(NS(=O)(=O)c1ccccc1)c1cc2c(F)cc(C3CC3)cc2o1. The van der Waals surface area contributed by atoms with Crippen LogP contribution >= 0.6 is 0 Å². The van der Waals surface area contributed by atoms with Crippen molar-refractivity contribution in [2.75, 3.05) is 0 Å². The zero-order valence-electron chi connectivity index (χ0n) is 13.0. The molecule has 4 rings (SSSR count). The smallest absolute Gasteiger partial charge is 0.300 e. The van der Waals surface area contributed by atoms with E-state index >= 15 is 0 Å². The van der Waals surface area contributed by atoms with Gasteiger partial charge >= 0.3 is 5.91 Å². The van der Waals surface area contributed by atoms with Gasteiger partial charge in [-0.1, -0.05) is 18.2 Å². The summed E-state index contributed by atoms with van der Waals surface area (Å²) in [5.41, 5.74) is 1.08. The van der Waals surface area contributed by atoms with Crippen LogP contribution in [0.1, 0.15) is 34.9 Å². The lowest BCUT2D eigenvalue weighted by Crippen LogP contribution is -2.30. The van der Waals surface area contributed by atoms with Crippen LogP contribution in [0, 0.1) is 5.82 Å². The minimum Gasteiger partial charge on any atom is -0.451 e. The molecule has 128 valence electrons. The van der Waals surface area contributed by atoms with Gasteiger partial charge in [0.15, 0.2) is 5.76 Å². The van der Waals surface area contributed by atoms with Gasteiger partial charge in [0.2, 0.25) is 0 Å². The lowest BCUT2D eigenvalue weighted by Gasteiger charge is -2.04. The molecule has 1 aliphatic carbocycles. The number of sulfonamides is 1. The Morgan fingerprint density at radius 3 is 2.52 bits per heavy atom. The lowest BCUT2D eigenvalue weighted by atomic mass is 10.1. The topological polar surface area (TPSA) is 76.4 Å². The number of fused-ring (bicyclic) bond motifs is 1. The first kappa shape index (κ1) is 15.8. The molecule has 1 aromatic heterocycles. The second-order valence-corrected chi connectivity index (χ2v) is 7.73. The monoisotopic (exact) mass is 359 g/mol. The second-order valence-electron chi connectivity index (χ2n) is 6.05. The Kier molecular flexibility index (Phi) is 3.61. The van der Waals surface area contributed by atoms with Gasteiger partial charge in [0, 0.05) is 6.07 Å². The molecule has 1 N–H and O–H groups in total.